The van der Waals surface area contributed by atoms with Gasteiger partial charge in [0.1, 0.15) is 10.8 Å². The topological polar surface area (TPSA) is 35.2 Å². The van der Waals surface area contributed by atoms with Crippen LogP contribution in [0.4, 0.5) is 4.39 Å². The van der Waals surface area contributed by atoms with E-state index in [1.54, 1.807) is 17.4 Å². The second kappa shape index (κ2) is 6.75. The summed E-state index contributed by atoms with van der Waals surface area (Å²) in [6.07, 6.45) is 0.857. The number of thiocarbonyl (C=S) groups is 1. The largest absolute Gasteiger partial charge is 0.389 e. The summed E-state index contributed by atoms with van der Waals surface area (Å²) >= 11 is 6.64. The summed E-state index contributed by atoms with van der Waals surface area (Å²) in [4.78, 5) is 1.53. The lowest BCUT2D eigenvalue weighted by Gasteiger charge is -2.09. The number of halogens is 1. The summed E-state index contributed by atoms with van der Waals surface area (Å²) in [5.41, 5.74) is 6.97. The van der Waals surface area contributed by atoms with Gasteiger partial charge < -0.3 is 10.5 Å². The maximum absolute atomic E-state index is 13.2. The quantitative estimate of drug-likeness (QED) is 0.656. The molecule has 0 saturated carbocycles. The summed E-state index contributed by atoms with van der Waals surface area (Å²) in [6.45, 7) is 0.906. The van der Waals surface area contributed by atoms with E-state index in [-0.39, 0.29) is 10.8 Å². The lowest BCUT2D eigenvalue weighted by molar-refractivity contribution is 0.124. The van der Waals surface area contributed by atoms with Gasteiger partial charge in [0.2, 0.25) is 0 Å². The molecule has 2 aromatic rings. The molecule has 0 bridgehead atoms. The van der Waals surface area contributed by atoms with Crippen LogP contribution in [0.1, 0.15) is 16.0 Å². The second-order valence-electron chi connectivity index (χ2n) is 4.05. The van der Waals surface area contributed by atoms with Crippen molar-refractivity contribution in [1.82, 2.24) is 0 Å². The van der Waals surface area contributed by atoms with Gasteiger partial charge in [-0.25, -0.2) is 4.39 Å². The van der Waals surface area contributed by atoms with Crippen molar-refractivity contribution < 1.29 is 9.13 Å². The highest BCUT2D eigenvalue weighted by atomic mass is 32.1. The summed E-state index contributed by atoms with van der Waals surface area (Å²) in [6, 6.07) is 8.44. The molecule has 2 nitrogen and oxygen atoms in total. The van der Waals surface area contributed by atoms with Crippen molar-refractivity contribution >= 4 is 28.5 Å². The molecular formula is C14H14FNOS2. The highest BCUT2D eigenvalue weighted by Gasteiger charge is 2.07. The smallest absolute Gasteiger partial charge is 0.123 e. The van der Waals surface area contributed by atoms with E-state index in [1.165, 1.54) is 17.0 Å². The molecule has 0 aliphatic rings. The first-order chi connectivity index (χ1) is 9.16. The molecule has 5 heteroatoms. The van der Waals surface area contributed by atoms with Gasteiger partial charge in [-0.05, 0) is 35.2 Å². The first kappa shape index (κ1) is 14.1. The molecular weight excluding hydrogens is 281 g/mol. The molecule has 0 spiro atoms. The number of nitrogens with two attached hydrogens (primary N) is 1. The molecule has 19 heavy (non-hydrogen) atoms. The van der Waals surface area contributed by atoms with Crippen molar-refractivity contribution in [3.8, 4) is 0 Å². The fraction of sp³-hybridized carbons (Fsp3) is 0.214. The molecule has 0 fully saturated rings. The van der Waals surface area contributed by atoms with Gasteiger partial charge in [0.15, 0.2) is 0 Å². The van der Waals surface area contributed by atoms with Crippen LogP contribution in [-0.4, -0.2) is 11.6 Å². The van der Waals surface area contributed by atoms with Crippen LogP contribution in [0.5, 0.6) is 0 Å². The number of rotatable bonds is 6. The Labute approximate surface area is 121 Å². The first-order valence-corrected chi connectivity index (χ1v) is 7.14. The van der Waals surface area contributed by atoms with Crippen LogP contribution in [0.15, 0.2) is 35.7 Å². The number of ether oxygens (including phenoxy) is 1. The van der Waals surface area contributed by atoms with Gasteiger partial charge in [-0.2, -0.15) is 0 Å². The zero-order valence-electron chi connectivity index (χ0n) is 10.3. The Morgan fingerprint density at radius 3 is 2.89 bits per heavy atom. The van der Waals surface area contributed by atoms with E-state index in [4.69, 9.17) is 22.7 Å². The molecule has 0 unspecified atom stereocenters. The molecule has 0 atom stereocenters. The minimum atomic E-state index is -0.308. The number of benzene rings is 1. The zero-order valence-corrected chi connectivity index (χ0v) is 11.9. The zero-order chi connectivity index (χ0) is 13.7. The normalized spacial score (nSPS) is 10.6. The lowest BCUT2D eigenvalue weighted by atomic mass is 10.1. The third-order valence-corrected chi connectivity index (χ3v) is 3.82. The minimum absolute atomic E-state index is 0.261. The molecule has 1 aromatic carbocycles. The molecule has 0 saturated heterocycles. The Morgan fingerprint density at radius 1 is 1.37 bits per heavy atom. The summed E-state index contributed by atoms with van der Waals surface area (Å²) in [5.74, 6) is -0.308. The highest BCUT2D eigenvalue weighted by molar-refractivity contribution is 7.80. The van der Waals surface area contributed by atoms with Gasteiger partial charge in [0, 0.05) is 16.9 Å². The van der Waals surface area contributed by atoms with E-state index in [1.807, 2.05) is 11.4 Å². The van der Waals surface area contributed by atoms with E-state index < -0.39 is 0 Å². The van der Waals surface area contributed by atoms with Gasteiger partial charge in [-0.15, -0.1) is 11.3 Å². The average Bonchev–Trinajstić information content (AvgIpc) is 2.87. The van der Waals surface area contributed by atoms with Crippen molar-refractivity contribution in [2.45, 2.75) is 13.0 Å². The van der Waals surface area contributed by atoms with Crippen LogP contribution in [0, 0.1) is 5.82 Å². The minimum Gasteiger partial charge on any atom is -0.389 e. The summed E-state index contributed by atoms with van der Waals surface area (Å²) in [5, 5.41) is 2.03. The maximum Gasteiger partial charge on any atom is 0.123 e. The SMILES string of the molecule is NC(=S)c1ccc(F)cc1COCCc1cccs1. The third kappa shape index (κ3) is 4.09. The molecule has 0 radical (unpaired) electrons. The van der Waals surface area contributed by atoms with Crippen LogP contribution in [0.2, 0.25) is 0 Å². The van der Waals surface area contributed by atoms with E-state index >= 15 is 0 Å². The average molecular weight is 295 g/mol. The Balaban J connectivity index is 1.91. The van der Waals surface area contributed by atoms with E-state index in [2.05, 4.69) is 6.07 Å². The second-order valence-corrected chi connectivity index (χ2v) is 5.52. The van der Waals surface area contributed by atoms with Gasteiger partial charge in [-0.1, -0.05) is 18.3 Å². The Bertz CT molecular complexity index is 555. The van der Waals surface area contributed by atoms with E-state index in [9.17, 15) is 4.39 Å². The van der Waals surface area contributed by atoms with Crippen LogP contribution >= 0.6 is 23.6 Å². The summed E-state index contributed by atoms with van der Waals surface area (Å²) in [7, 11) is 0. The van der Waals surface area contributed by atoms with Crippen molar-refractivity contribution in [3.63, 3.8) is 0 Å². The van der Waals surface area contributed by atoms with E-state index in [0.717, 1.165) is 6.42 Å². The van der Waals surface area contributed by atoms with Crippen molar-refractivity contribution in [2.24, 2.45) is 5.73 Å². The number of hydrogen-bond acceptors (Lipinski definition) is 3. The molecule has 1 aromatic heterocycles. The number of hydrogen-bond donors (Lipinski definition) is 1. The van der Waals surface area contributed by atoms with Crippen LogP contribution < -0.4 is 5.73 Å². The van der Waals surface area contributed by atoms with E-state index in [0.29, 0.717) is 24.3 Å². The predicted molar refractivity (Wildman–Crippen MR) is 80.0 cm³/mol. The fourth-order valence-corrected chi connectivity index (χ4v) is 2.62. The maximum atomic E-state index is 13.2. The molecule has 2 rings (SSSR count). The van der Waals surface area contributed by atoms with Gasteiger partial charge in [-0.3, -0.25) is 0 Å². The standard InChI is InChI=1S/C14H14FNOS2/c15-11-3-4-13(14(16)18)10(8-11)9-17-6-5-12-2-1-7-19-12/h1-4,7-8H,5-6,9H2,(H2,16,18). The predicted octanol–water partition coefficient (Wildman–Crippen LogP) is 3.28. The van der Waals surface area contributed by atoms with Crippen LogP contribution in [0.3, 0.4) is 0 Å². The molecule has 0 aliphatic heterocycles. The van der Waals surface area contributed by atoms with Crippen molar-refractivity contribution in [1.29, 1.82) is 0 Å². The van der Waals surface area contributed by atoms with Gasteiger partial charge in [0.05, 0.1) is 13.2 Å². The Hall–Kier alpha value is -1.30. The third-order valence-electron chi connectivity index (χ3n) is 2.66. The Kier molecular flexibility index (Phi) is 5.01. The van der Waals surface area contributed by atoms with Crippen molar-refractivity contribution in [2.75, 3.05) is 6.61 Å². The lowest BCUT2D eigenvalue weighted by Crippen LogP contribution is -2.13. The van der Waals surface area contributed by atoms with Crippen molar-refractivity contribution in [3.05, 3.63) is 57.5 Å². The van der Waals surface area contributed by atoms with Gasteiger partial charge in [0.25, 0.3) is 0 Å². The first-order valence-electron chi connectivity index (χ1n) is 5.85. The fourth-order valence-electron chi connectivity index (χ4n) is 1.73. The molecule has 0 amide bonds. The number of thiophene rings is 1. The molecule has 0 aliphatic carbocycles. The molecule has 100 valence electrons. The van der Waals surface area contributed by atoms with Gasteiger partial charge >= 0.3 is 0 Å². The monoisotopic (exact) mass is 295 g/mol. The summed E-state index contributed by atoms with van der Waals surface area (Å²) < 4.78 is 18.8. The highest BCUT2D eigenvalue weighted by Crippen LogP contribution is 2.14. The molecule has 1 heterocycles. The molecule has 2 N–H and O–H groups in total. The van der Waals surface area contributed by atoms with Crippen LogP contribution in [-0.2, 0) is 17.8 Å². The Morgan fingerprint density at radius 2 is 2.21 bits per heavy atom. The van der Waals surface area contributed by atoms with Crippen LogP contribution in [0.25, 0.3) is 0 Å².